The number of halogens is 2. The molecule has 1 N–H and O–H groups in total. The van der Waals surface area contributed by atoms with Crippen molar-refractivity contribution in [2.45, 2.75) is 31.7 Å². The molecule has 2 atom stereocenters. The number of anilines is 1. The molecule has 1 aliphatic rings. The molecule has 1 aliphatic carbocycles. The Labute approximate surface area is 123 Å². The zero-order chi connectivity index (χ0) is 14.1. The van der Waals surface area contributed by atoms with E-state index in [0.717, 1.165) is 18.5 Å². The summed E-state index contributed by atoms with van der Waals surface area (Å²) >= 11 is 5.91. The van der Waals surface area contributed by atoms with Crippen LogP contribution in [0.15, 0.2) is 42.5 Å². The van der Waals surface area contributed by atoms with E-state index in [1.54, 1.807) is 6.07 Å². The quantitative estimate of drug-likeness (QED) is 0.766. The lowest BCUT2D eigenvalue weighted by Gasteiger charge is -2.31. The van der Waals surface area contributed by atoms with Gasteiger partial charge in [-0.2, -0.15) is 0 Å². The summed E-state index contributed by atoms with van der Waals surface area (Å²) in [4.78, 5) is 0. The molecule has 20 heavy (non-hydrogen) atoms. The highest BCUT2D eigenvalue weighted by Gasteiger charge is 2.24. The molecule has 0 heterocycles. The monoisotopic (exact) mass is 289 g/mol. The van der Waals surface area contributed by atoms with Crippen molar-refractivity contribution in [3.8, 4) is 0 Å². The highest BCUT2D eigenvalue weighted by Crippen LogP contribution is 2.39. The molecule has 3 rings (SSSR count). The summed E-state index contributed by atoms with van der Waals surface area (Å²) < 4.78 is 13.4. The largest absolute Gasteiger partial charge is 0.378 e. The van der Waals surface area contributed by atoms with Gasteiger partial charge in [0.15, 0.2) is 0 Å². The van der Waals surface area contributed by atoms with Crippen LogP contribution in [0.4, 0.5) is 10.1 Å². The summed E-state index contributed by atoms with van der Waals surface area (Å²) in [5.41, 5.74) is 3.44. The van der Waals surface area contributed by atoms with Gasteiger partial charge >= 0.3 is 0 Å². The van der Waals surface area contributed by atoms with E-state index in [1.165, 1.54) is 23.3 Å². The van der Waals surface area contributed by atoms with Crippen LogP contribution in [0.25, 0.3) is 0 Å². The first kappa shape index (κ1) is 13.4. The highest BCUT2D eigenvalue weighted by molar-refractivity contribution is 6.30. The molecular weight excluding hydrogens is 273 g/mol. The SMILES string of the molecule is CC1CCC(Nc2cc(F)cc(Cl)c2)c2ccccc21. The molecule has 2 aromatic carbocycles. The third-order valence-electron chi connectivity index (χ3n) is 3.99. The third kappa shape index (κ3) is 2.66. The van der Waals surface area contributed by atoms with Gasteiger partial charge in [-0.1, -0.05) is 42.8 Å². The Morgan fingerprint density at radius 2 is 1.85 bits per heavy atom. The van der Waals surface area contributed by atoms with Gasteiger partial charge < -0.3 is 5.32 Å². The first-order chi connectivity index (χ1) is 9.63. The second-order valence-corrected chi connectivity index (χ2v) is 5.90. The number of fused-ring (bicyclic) bond motifs is 1. The van der Waals surface area contributed by atoms with Crippen LogP contribution in [-0.4, -0.2) is 0 Å². The van der Waals surface area contributed by atoms with E-state index in [9.17, 15) is 4.39 Å². The summed E-state index contributed by atoms with van der Waals surface area (Å²) in [6, 6.07) is 13.3. The third-order valence-corrected chi connectivity index (χ3v) is 4.21. The Morgan fingerprint density at radius 1 is 1.10 bits per heavy atom. The van der Waals surface area contributed by atoms with Crippen molar-refractivity contribution in [1.82, 2.24) is 0 Å². The fourth-order valence-electron chi connectivity index (χ4n) is 2.99. The van der Waals surface area contributed by atoms with Crippen molar-refractivity contribution in [3.05, 3.63) is 64.4 Å². The maximum atomic E-state index is 13.4. The Bertz CT molecular complexity index is 606. The molecule has 0 saturated heterocycles. The van der Waals surface area contributed by atoms with E-state index in [4.69, 9.17) is 11.6 Å². The van der Waals surface area contributed by atoms with E-state index >= 15 is 0 Å². The number of nitrogens with one attached hydrogen (secondary N) is 1. The minimum atomic E-state index is -0.308. The lowest BCUT2D eigenvalue weighted by molar-refractivity contribution is 0.534. The van der Waals surface area contributed by atoms with Gasteiger partial charge in [-0.15, -0.1) is 0 Å². The van der Waals surface area contributed by atoms with Crippen molar-refractivity contribution in [2.75, 3.05) is 5.32 Å². The number of benzene rings is 2. The molecule has 0 radical (unpaired) electrons. The molecule has 2 aromatic rings. The molecule has 3 heteroatoms. The molecule has 1 nitrogen and oxygen atoms in total. The fourth-order valence-corrected chi connectivity index (χ4v) is 3.21. The van der Waals surface area contributed by atoms with Gasteiger partial charge in [0, 0.05) is 10.7 Å². The second-order valence-electron chi connectivity index (χ2n) is 5.46. The maximum absolute atomic E-state index is 13.4. The van der Waals surface area contributed by atoms with Gasteiger partial charge in [-0.25, -0.2) is 4.39 Å². The van der Waals surface area contributed by atoms with Crippen LogP contribution in [0.2, 0.25) is 5.02 Å². The lowest BCUT2D eigenvalue weighted by Crippen LogP contribution is -2.19. The summed E-state index contributed by atoms with van der Waals surface area (Å²) in [5, 5.41) is 3.84. The number of rotatable bonds is 2. The van der Waals surface area contributed by atoms with E-state index in [0.29, 0.717) is 10.9 Å². The van der Waals surface area contributed by atoms with Crippen molar-refractivity contribution in [2.24, 2.45) is 0 Å². The van der Waals surface area contributed by atoms with Crippen LogP contribution in [-0.2, 0) is 0 Å². The van der Waals surface area contributed by atoms with E-state index in [2.05, 4.69) is 36.5 Å². The summed E-state index contributed by atoms with van der Waals surface area (Å²) in [6.07, 6.45) is 2.18. The summed E-state index contributed by atoms with van der Waals surface area (Å²) in [7, 11) is 0. The zero-order valence-electron chi connectivity index (χ0n) is 11.4. The standard InChI is InChI=1S/C17H17ClFN/c1-11-6-7-17(16-5-3-2-4-15(11)16)20-14-9-12(18)8-13(19)10-14/h2-5,8-11,17,20H,6-7H2,1H3. The predicted molar refractivity (Wildman–Crippen MR) is 81.9 cm³/mol. The number of hydrogen-bond acceptors (Lipinski definition) is 1. The van der Waals surface area contributed by atoms with Gasteiger partial charge in [0.25, 0.3) is 0 Å². The molecule has 0 bridgehead atoms. The topological polar surface area (TPSA) is 12.0 Å². The van der Waals surface area contributed by atoms with Crippen LogP contribution < -0.4 is 5.32 Å². The first-order valence-electron chi connectivity index (χ1n) is 6.95. The predicted octanol–water partition coefficient (Wildman–Crippen LogP) is 5.53. The minimum absolute atomic E-state index is 0.222. The summed E-state index contributed by atoms with van der Waals surface area (Å²) in [6.45, 7) is 2.26. The Hall–Kier alpha value is -1.54. The Balaban J connectivity index is 1.90. The average Bonchev–Trinajstić information content (AvgIpc) is 2.41. The van der Waals surface area contributed by atoms with Crippen molar-refractivity contribution < 1.29 is 4.39 Å². The number of hydrogen-bond donors (Lipinski definition) is 1. The molecule has 104 valence electrons. The molecule has 0 fully saturated rings. The highest BCUT2D eigenvalue weighted by atomic mass is 35.5. The molecule has 0 aromatic heterocycles. The van der Waals surface area contributed by atoms with Crippen LogP contribution in [0.1, 0.15) is 42.9 Å². The van der Waals surface area contributed by atoms with Gasteiger partial charge in [0.1, 0.15) is 5.82 Å². The van der Waals surface area contributed by atoms with E-state index < -0.39 is 0 Å². The van der Waals surface area contributed by atoms with Crippen molar-refractivity contribution in [1.29, 1.82) is 0 Å². The molecular formula is C17H17ClFN. The van der Waals surface area contributed by atoms with Gasteiger partial charge in [-0.05, 0) is 48.1 Å². The van der Waals surface area contributed by atoms with Gasteiger partial charge in [0.05, 0.1) is 6.04 Å². The molecule has 0 aliphatic heterocycles. The zero-order valence-corrected chi connectivity index (χ0v) is 12.1. The molecule has 0 spiro atoms. The van der Waals surface area contributed by atoms with Crippen molar-refractivity contribution >= 4 is 17.3 Å². The van der Waals surface area contributed by atoms with Crippen LogP contribution in [0.5, 0.6) is 0 Å². The minimum Gasteiger partial charge on any atom is -0.378 e. The average molecular weight is 290 g/mol. The van der Waals surface area contributed by atoms with Gasteiger partial charge in [0.2, 0.25) is 0 Å². The van der Waals surface area contributed by atoms with Crippen LogP contribution >= 0.6 is 11.6 Å². The second kappa shape index (κ2) is 5.45. The van der Waals surface area contributed by atoms with Crippen LogP contribution in [0, 0.1) is 5.82 Å². The molecule has 2 unspecified atom stereocenters. The Kier molecular flexibility index (Phi) is 3.66. The molecule has 0 amide bonds. The maximum Gasteiger partial charge on any atom is 0.126 e. The first-order valence-corrected chi connectivity index (χ1v) is 7.33. The van der Waals surface area contributed by atoms with E-state index in [-0.39, 0.29) is 11.9 Å². The summed E-state index contributed by atoms with van der Waals surface area (Å²) in [5.74, 6) is 0.276. The van der Waals surface area contributed by atoms with E-state index in [1.807, 2.05) is 0 Å². The van der Waals surface area contributed by atoms with Crippen LogP contribution in [0.3, 0.4) is 0 Å². The smallest absolute Gasteiger partial charge is 0.126 e. The van der Waals surface area contributed by atoms with Gasteiger partial charge in [-0.3, -0.25) is 0 Å². The molecule has 0 saturated carbocycles. The normalized spacial score (nSPS) is 21.4. The van der Waals surface area contributed by atoms with Crippen molar-refractivity contribution in [3.63, 3.8) is 0 Å². The Morgan fingerprint density at radius 3 is 2.60 bits per heavy atom. The fraction of sp³-hybridized carbons (Fsp3) is 0.294. The lowest BCUT2D eigenvalue weighted by atomic mass is 9.81.